The molecule has 1 heterocycles. The Morgan fingerprint density at radius 1 is 1.25 bits per heavy atom. The van der Waals surface area contributed by atoms with Gasteiger partial charge in [-0.3, -0.25) is 0 Å². The largest absolute Gasteiger partial charge is 0.573 e. The molecule has 130 valence electrons. The minimum absolute atomic E-state index is 0.00321. The second kappa shape index (κ2) is 7.82. The highest BCUT2D eigenvalue weighted by Crippen LogP contribution is 2.23. The smallest absolute Gasteiger partial charge is 0.461 e. The van der Waals surface area contributed by atoms with E-state index in [1.165, 1.54) is 24.3 Å². The van der Waals surface area contributed by atoms with E-state index in [-0.39, 0.29) is 31.3 Å². The molecule has 0 atom stereocenters. The molecule has 6 nitrogen and oxygen atoms in total. The summed E-state index contributed by atoms with van der Waals surface area (Å²) in [5.74, 6) is -0.641. The lowest BCUT2D eigenvalue weighted by molar-refractivity contribution is -0.274. The van der Waals surface area contributed by atoms with Crippen molar-refractivity contribution in [2.45, 2.75) is 26.5 Å². The van der Waals surface area contributed by atoms with Crippen LogP contribution in [0.4, 0.5) is 13.2 Å². The third-order valence-electron chi connectivity index (χ3n) is 2.69. The van der Waals surface area contributed by atoms with Crippen molar-refractivity contribution in [2.75, 3.05) is 6.61 Å². The van der Waals surface area contributed by atoms with Gasteiger partial charge in [0.15, 0.2) is 11.5 Å². The van der Waals surface area contributed by atoms with Crippen LogP contribution >= 0.6 is 0 Å². The lowest BCUT2D eigenvalue weighted by Crippen LogP contribution is -2.17. The van der Waals surface area contributed by atoms with E-state index >= 15 is 0 Å². The molecule has 0 fully saturated rings. The van der Waals surface area contributed by atoms with E-state index in [0.717, 1.165) is 0 Å². The summed E-state index contributed by atoms with van der Waals surface area (Å²) in [5, 5.41) is 3.54. The molecule has 24 heavy (non-hydrogen) atoms. The lowest BCUT2D eigenvalue weighted by atomic mass is 10.2. The van der Waals surface area contributed by atoms with Gasteiger partial charge in [0.25, 0.3) is 0 Å². The second-order valence-electron chi connectivity index (χ2n) is 4.59. The number of esters is 1. The van der Waals surface area contributed by atoms with Crippen molar-refractivity contribution in [3.05, 3.63) is 47.3 Å². The Morgan fingerprint density at radius 2 is 2.04 bits per heavy atom. The topological polar surface area (TPSA) is 70.8 Å². The van der Waals surface area contributed by atoms with Crippen LogP contribution in [0, 0.1) is 0 Å². The van der Waals surface area contributed by atoms with Crippen LogP contribution in [-0.4, -0.2) is 24.1 Å². The first-order valence-electron chi connectivity index (χ1n) is 6.92. The SMILES string of the molecule is CCOC(=O)c1cc(COCc2cccc(OC(F)(F)F)c2)on1. The van der Waals surface area contributed by atoms with E-state index in [0.29, 0.717) is 11.3 Å². The summed E-state index contributed by atoms with van der Waals surface area (Å²) in [6.07, 6.45) is -4.75. The highest BCUT2D eigenvalue weighted by Gasteiger charge is 2.31. The number of alkyl halides is 3. The van der Waals surface area contributed by atoms with Crippen molar-refractivity contribution in [1.82, 2.24) is 5.16 Å². The van der Waals surface area contributed by atoms with Crippen molar-refractivity contribution < 1.29 is 36.7 Å². The van der Waals surface area contributed by atoms with Gasteiger partial charge < -0.3 is 18.7 Å². The molecular formula is C15H14F3NO5. The predicted molar refractivity (Wildman–Crippen MR) is 74.1 cm³/mol. The van der Waals surface area contributed by atoms with E-state index in [1.807, 2.05) is 0 Å². The maximum absolute atomic E-state index is 12.2. The molecule has 0 aliphatic heterocycles. The molecule has 0 N–H and O–H groups in total. The van der Waals surface area contributed by atoms with Crippen LogP contribution in [0.25, 0.3) is 0 Å². The van der Waals surface area contributed by atoms with Crippen LogP contribution in [0.3, 0.4) is 0 Å². The third-order valence-corrected chi connectivity index (χ3v) is 2.69. The number of carbonyl (C=O) groups excluding carboxylic acids is 1. The second-order valence-corrected chi connectivity index (χ2v) is 4.59. The van der Waals surface area contributed by atoms with E-state index in [1.54, 1.807) is 13.0 Å². The van der Waals surface area contributed by atoms with Crippen LogP contribution < -0.4 is 4.74 Å². The summed E-state index contributed by atoms with van der Waals surface area (Å²) in [6.45, 7) is 1.91. The van der Waals surface area contributed by atoms with Gasteiger partial charge in [-0.15, -0.1) is 13.2 Å². The minimum Gasteiger partial charge on any atom is -0.461 e. The van der Waals surface area contributed by atoms with Gasteiger partial charge in [0.2, 0.25) is 0 Å². The summed E-state index contributed by atoms with van der Waals surface area (Å²) in [4.78, 5) is 11.4. The van der Waals surface area contributed by atoms with Crippen molar-refractivity contribution in [2.24, 2.45) is 0 Å². The molecule has 0 unspecified atom stereocenters. The zero-order valence-corrected chi connectivity index (χ0v) is 12.6. The monoisotopic (exact) mass is 345 g/mol. The molecule has 1 aromatic heterocycles. The van der Waals surface area contributed by atoms with Crippen LogP contribution in [-0.2, 0) is 22.7 Å². The fourth-order valence-corrected chi connectivity index (χ4v) is 1.78. The average molecular weight is 345 g/mol. The van der Waals surface area contributed by atoms with Gasteiger partial charge in [0.1, 0.15) is 12.4 Å². The Kier molecular flexibility index (Phi) is 5.80. The highest BCUT2D eigenvalue weighted by molar-refractivity contribution is 5.87. The molecule has 0 spiro atoms. The average Bonchev–Trinajstić information content (AvgIpc) is 2.95. The van der Waals surface area contributed by atoms with Crippen molar-refractivity contribution >= 4 is 5.97 Å². The Hall–Kier alpha value is -2.55. The molecule has 0 radical (unpaired) electrons. The zero-order valence-electron chi connectivity index (χ0n) is 12.6. The Labute approximate surface area is 135 Å². The first kappa shape index (κ1) is 17.8. The molecule has 1 aromatic carbocycles. The molecule has 9 heteroatoms. The van der Waals surface area contributed by atoms with Crippen molar-refractivity contribution in [1.29, 1.82) is 0 Å². The van der Waals surface area contributed by atoms with E-state index in [9.17, 15) is 18.0 Å². The van der Waals surface area contributed by atoms with Crippen LogP contribution in [0.15, 0.2) is 34.9 Å². The summed E-state index contributed by atoms with van der Waals surface area (Å²) in [6, 6.07) is 6.80. The van der Waals surface area contributed by atoms with Crippen LogP contribution in [0.2, 0.25) is 0 Å². The molecule has 0 amide bonds. The first-order chi connectivity index (χ1) is 11.4. The summed E-state index contributed by atoms with van der Waals surface area (Å²) in [5.41, 5.74) is 0.512. The molecule has 0 aliphatic rings. The van der Waals surface area contributed by atoms with Gasteiger partial charge >= 0.3 is 12.3 Å². The maximum atomic E-state index is 12.2. The minimum atomic E-state index is -4.75. The van der Waals surface area contributed by atoms with Gasteiger partial charge in [-0.2, -0.15) is 0 Å². The van der Waals surface area contributed by atoms with Crippen LogP contribution in [0.5, 0.6) is 5.75 Å². The van der Waals surface area contributed by atoms with Gasteiger partial charge in [0.05, 0.1) is 13.2 Å². The zero-order chi connectivity index (χ0) is 17.6. The summed E-state index contributed by atoms with van der Waals surface area (Å²) in [7, 11) is 0. The number of carbonyl (C=O) groups is 1. The van der Waals surface area contributed by atoms with Crippen molar-refractivity contribution in [3.63, 3.8) is 0 Å². The summed E-state index contributed by atoms with van der Waals surface area (Å²) < 4.78 is 55.3. The fraction of sp³-hybridized carbons (Fsp3) is 0.333. The normalized spacial score (nSPS) is 11.3. The molecule has 2 aromatic rings. The number of ether oxygens (including phenoxy) is 3. The molecule has 0 bridgehead atoms. The Morgan fingerprint density at radius 3 is 2.75 bits per heavy atom. The number of benzene rings is 1. The van der Waals surface area contributed by atoms with E-state index in [2.05, 4.69) is 9.89 Å². The van der Waals surface area contributed by atoms with Gasteiger partial charge in [-0.1, -0.05) is 17.3 Å². The first-order valence-corrected chi connectivity index (χ1v) is 6.92. The number of rotatable bonds is 7. The molecule has 2 rings (SSSR count). The van der Waals surface area contributed by atoms with Crippen LogP contribution in [0.1, 0.15) is 28.7 Å². The fourth-order valence-electron chi connectivity index (χ4n) is 1.78. The number of nitrogens with zero attached hydrogens (tertiary/aromatic N) is 1. The number of hydrogen-bond acceptors (Lipinski definition) is 6. The quantitative estimate of drug-likeness (QED) is 0.716. The lowest BCUT2D eigenvalue weighted by Gasteiger charge is -2.10. The maximum Gasteiger partial charge on any atom is 0.573 e. The number of hydrogen-bond donors (Lipinski definition) is 0. The van der Waals surface area contributed by atoms with Gasteiger partial charge in [-0.25, -0.2) is 4.79 Å². The Bertz CT molecular complexity index is 684. The standard InChI is InChI=1S/C15H14F3NO5/c1-2-22-14(20)13-7-12(24-19-13)9-21-8-10-4-3-5-11(6-10)23-15(16,17)18/h3-7H,2,8-9H2,1H3. The molecule has 0 aliphatic carbocycles. The number of aromatic nitrogens is 1. The molecule has 0 saturated carbocycles. The molecule has 0 saturated heterocycles. The third kappa shape index (κ3) is 5.58. The summed E-state index contributed by atoms with van der Waals surface area (Å²) >= 11 is 0. The number of halogens is 3. The highest BCUT2D eigenvalue weighted by atomic mass is 19.4. The van der Waals surface area contributed by atoms with E-state index in [4.69, 9.17) is 14.0 Å². The Balaban J connectivity index is 1.86. The predicted octanol–water partition coefficient (Wildman–Crippen LogP) is 3.47. The van der Waals surface area contributed by atoms with Gasteiger partial charge in [0, 0.05) is 6.07 Å². The van der Waals surface area contributed by atoms with Crippen molar-refractivity contribution in [3.8, 4) is 5.75 Å². The molecular weight excluding hydrogens is 331 g/mol. The van der Waals surface area contributed by atoms with Gasteiger partial charge in [-0.05, 0) is 24.6 Å². The van der Waals surface area contributed by atoms with E-state index < -0.39 is 12.3 Å².